The number of amides is 2. The van der Waals surface area contributed by atoms with Crippen LogP contribution >= 0.6 is 0 Å². The highest BCUT2D eigenvalue weighted by Gasteiger charge is 2.31. The summed E-state index contributed by atoms with van der Waals surface area (Å²) in [7, 11) is 0. The van der Waals surface area contributed by atoms with Crippen LogP contribution in [0.5, 0.6) is 5.75 Å². The maximum atomic E-state index is 13.0. The average molecular weight is 498 g/mol. The van der Waals surface area contributed by atoms with Crippen molar-refractivity contribution in [2.24, 2.45) is 0 Å². The number of carbonyl (C=O) groups excluding carboxylic acids is 2. The number of alkyl halides is 3. The molecule has 0 bridgehead atoms. The van der Waals surface area contributed by atoms with Gasteiger partial charge in [0.2, 0.25) is 0 Å². The van der Waals surface area contributed by atoms with Crippen LogP contribution in [0.3, 0.4) is 0 Å². The van der Waals surface area contributed by atoms with E-state index in [0.29, 0.717) is 42.9 Å². The molecule has 2 aromatic carbocycles. The Labute approximate surface area is 207 Å². The topological polar surface area (TPSA) is 71.5 Å². The minimum atomic E-state index is -4.53. The molecule has 0 spiro atoms. The van der Waals surface area contributed by atoms with Crippen molar-refractivity contribution in [2.45, 2.75) is 39.0 Å². The zero-order chi connectivity index (χ0) is 25.9. The molecule has 0 saturated carbocycles. The number of piperidine rings is 1. The van der Waals surface area contributed by atoms with Gasteiger partial charge >= 0.3 is 6.18 Å². The molecule has 1 aliphatic heterocycles. The molecule has 6 nitrogen and oxygen atoms in total. The van der Waals surface area contributed by atoms with Gasteiger partial charge in [-0.1, -0.05) is 12.1 Å². The number of halogens is 3. The van der Waals surface area contributed by atoms with Crippen molar-refractivity contribution in [1.82, 2.24) is 9.88 Å². The number of carbonyl (C=O) groups is 2. The molecule has 9 heteroatoms. The lowest BCUT2D eigenvalue weighted by molar-refractivity contribution is -0.137. The number of nitrogens with zero attached hydrogens (tertiary/aromatic N) is 2. The van der Waals surface area contributed by atoms with Crippen molar-refractivity contribution in [2.75, 3.05) is 18.4 Å². The lowest BCUT2D eigenvalue weighted by atomic mass is 10.1. The molecule has 1 saturated heterocycles. The number of hydrogen-bond acceptors (Lipinski definition) is 4. The summed E-state index contributed by atoms with van der Waals surface area (Å²) in [6.45, 7) is 4.83. The molecule has 1 fully saturated rings. The predicted molar refractivity (Wildman–Crippen MR) is 129 cm³/mol. The van der Waals surface area contributed by atoms with Crippen molar-refractivity contribution in [3.63, 3.8) is 0 Å². The van der Waals surface area contributed by atoms with Crippen molar-refractivity contribution < 1.29 is 27.5 Å². The Kier molecular flexibility index (Phi) is 7.28. The number of rotatable bonds is 5. The summed E-state index contributed by atoms with van der Waals surface area (Å²) < 4.78 is 45.1. The Balaban J connectivity index is 1.37. The summed E-state index contributed by atoms with van der Waals surface area (Å²) in [6, 6.07) is 13.0. The van der Waals surface area contributed by atoms with E-state index in [1.54, 1.807) is 35.4 Å². The molecule has 2 heterocycles. The first-order chi connectivity index (χ1) is 17.1. The van der Waals surface area contributed by atoms with Gasteiger partial charge < -0.3 is 15.0 Å². The molecule has 0 atom stereocenters. The second-order valence-corrected chi connectivity index (χ2v) is 8.81. The van der Waals surface area contributed by atoms with E-state index in [1.807, 2.05) is 19.9 Å². The van der Waals surface area contributed by atoms with Gasteiger partial charge in [-0.05, 0) is 55.8 Å². The van der Waals surface area contributed by atoms with Crippen LogP contribution in [0.4, 0.5) is 18.9 Å². The van der Waals surface area contributed by atoms with Gasteiger partial charge in [-0.25, -0.2) is 0 Å². The first kappa shape index (κ1) is 25.2. The van der Waals surface area contributed by atoms with E-state index in [4.69, 9.17) is 4.74 Å². The highest BCUT2D eigenvalue weighted by Crippen LogP contribution is 2.30. The lowest BCUT2D eigenvalue weighted by Gasteiger charge is -2.32. The van der Waals surface area contributed by atoms with E-state index >= 15 is 0 Å². The minimum absolute atomic E-state index is 0.0589. The largest absolute Gasteiger partial charge is 0.490 e. The fourth-order valence-electron chi connectivity index (χ4n) is 3.98. The van der Waals surface area contributed by atoms with Gasteiger partial charge in [0, 0.05) is 55.1 Å². The number of likely N-dealkylation sites (tertiary alicyclic amines) is 1. The van der Waals surface area contributed by atoms with Gasteiger partial charge in [0.05, 0.1) is 11.1 Å². The molecule has 0 aliphatic carbocycles. The zero-order valence-corrected chi connectivity index (χ0v) is 19.9. The Morgan fingerprint density at radius 2 is 1.75 bits per heavy atom. The SMILES string of the molecule is Cc1ccc(C(=O)N2CCC(Oc3cc(NC(=O)c4cccc(C(F)(F)F)c4)ccc3C)CC2)cn1. The maximum Gasteiger partial charge on any atom is 0.416 e. The third kappa shape index (κ3) is 6.02. The smallest absolute Gasteiger partial charge is 0.416 e. The summed E-state index contributed by atoms with van der Waals surface area (Å²) in [6.07, 6.45) is -1.77. The molecule has 188 valence electrons. The van der Waals surface area contributed by atoms with Gasteiger partial charge in [0.1, 0.15) is 11.9 Å². The summed E-state index contributed by atoms with van der Waals surface area (Å²) >= 11 is 0. The minimum Gasteiger partial charge on any atom is -0.490 e. The third-order valence-corrected chi connectivity index (χ3v) is 6.08. The van der Waals surface area contributed by atoms with Crippen molar-refractivity contribution >= 4 is 17.5 Å². The van der Waals surface area contributed by atoms with Gasteiger partial charge in [0.25, 0.3) is 11.8 Å². The molecule has 1 aliphatic rings. The quantitative estimate of drug-likeness (QED) is 0.494. The lowest BCUT2D eigenvalue weighted by Crippen LogP contribution is -2.41. The van der Waals surface area contributed by atoms with E-state index in [9.17, 15) is 22.8 Å². The highest BCUT2D eigenvalue weighted by atomic mass is 19.4. The number of anilines is 1. The number of ether oxygens (including phenoxy) is 1. The Hall–Kier alpha value is -3.88. The van der Waals surface area contributed by atoms with Crippen molar-refractivity contribution in [1.29, 1.82) is 0 Å². The summed E-state index contributed by atoms with van der Waals surface area (Å²) in [5.41, 5.74) is 1.70. The number of pyridine rings is 1. The summed E-state index contributed by atoms with van der Waals surface area (Å²) in [5.74, 6) is -0.130. The van der Waals surface area contributed by atoms with E-state index in [-0.39, 0.29) is 17.6 Å². The molecule has 36 heavy (non-hydrogen) atoms. The molecule has 3 aromatic rings. The number of nitrogens with one attached hydrogen (secondary N) is 1. The predicted octanol–water partition coefficient (Wildman–Crippen LogP) is 5.65. The third-order valence-electron chi connectivity index (χ3n) is 6.08. The fraction of sp³-hybridized carbons (Fsp3) is 0.296. The zero-order valence-electron chi connectivity index (χ0n) is 19.9. The summed E-state index contributed by atoms with van der Waals surface area (Å²) in [5, 5.41) is 2.64. The maximum absolute atomic E-state index is 13.0. The molecule has 1 N–H and O–H groups in total. The molecule has 0 radical (unpaired) electrons. The van der Waals surface area contributed by atoms with Crippen LogP contribution in [-0.2, 0) is 6.18 Å². The van der Waals surface area contributed by atoms with Crippen LogP contribution in [0.15, 0.2) is 60.8 Å². The van der Waals surface area contributed by atoms with Crippen LogP contribution < -0.4 is 10.1 Å². The first-order valence-corrected chi connectivity index (χ1v) is 11.6. The Morgan fingerprint density at radius 1 is 1.00 bits per heavy atom. The number of aryl methyl sites for hydroxylation is 2. The first-order valence-electron chi connectivity index (χ1n) is 11.6. The van der Waals surface area contributed by atoms with Crippen molar-refractivity contribution in [3.8, 4) is 5.75 Å². The molecule has 1 aromatic heterocycles. The molecular weight excluding hydrogens is 471 g/mol. The second-order valence-electron chi connectivity index (χ2n) is 8.81. The van der Waals surface area contributed by atoms with Gasteiger partial charge in [-0.2, -0.15) is 13.2 Å². The molecular formula is C27H26F3N3O3. The van der Waals surface area contributed by atoms with Gasteiger partial charge in [-0.15, -0.1) is 0 Å². The van der Waals surface area contributed by atoms with Crippen LogP contribution in [0, 0.1) is 13.8 Å². The number of benzene rings is 2. The summed E-state index contributed by atoms with van der Waals surface area (Å²) in [4.78, 5) is 31.2. The average Bonchev–Trinajstić information content (AvgIpc) is 2.86. The Bertz CT molecular complexity index is 1250. The van der Waals surface area contributed by atoms with E-state index in [1.165, 1.54) is 12.1 Å². The fourth-order valence-corrected chi connectivity index (χ4v) is 3.98. The van der Waals surface area contributed by atoms with Gasteiger partial charge in [-0.3, -0.25) is 14.6 Å². The monoisotopic (exact) mass is 497 g/mol. The van der Waals surface area contributed by atoms with Gasteiger partial charge in [0.15, 0.2) is 0 Å². The molecule has 0 unspecified atom stereocenters. The van der Waals surface area contributed by atoms with Crippen LogP contribution in [0.25, 0.3) is 0 Å². The standard InChI is InChI=1S/C27H26F3N3O3/c1-17-6-9-22(32-25(34)19-4-3-5-21(14-19)27(28,29)30)15-24(17)36-23-10-12-33(13-11-23)26(35)20-8-7-18(2)31-16-20/h3-9,14-16,23H,10-13H2,1-2H3,(H,32,34). The van der Waals surface area contributed by atoms with Crippen LogP contribution in [0.2, 0.25) is 0 Å². The second kappa shape index (κ2) is 10.4. The highest BCUT2D eigenvalue weighted by molar-refractivity contribution is 6.04. The Morgan fingerprint density at radius 3 is 2.42 bits per heavy atom. The molecule has 4 rings (SSSR count). The van der Waals surface area contributed by atoms with E-state index in [0.717, 1.165) is 23.4 Å². The van der Waals surface area contributed by atoms with Crippen molar-refractivity contribution in [3.05, 3.63) is 88.7 Å². The normalized spacial score (nSPS) is 14.4. The van der Waals surface area contributed by atoms with Crippen LogP contribution in [-0.4, -0.2) is 40.9 Å². The number of aromatic nitrogens is 1. The molecule has 2 amide bonds. The number of hydrogen-bond donors (Lipinski definition) is 1. The van der Waals surface area contributed by atoms with E-state index in [2.05, 4.69) is 10.3 Å². The van der Waals surface area contributed by atoms with Crippen LogP contribution in [0.1, 0.15) is 50.4 Å². The van der Waals surface area contributed by atoms with E-state index < -0.39 is 17.6 Å².